The number of benzene rings is 1. The van der Waals surface area contributed by atoms with Gasteiger partial charge in [0, 0.05) is 17.5 Å². The third-order valence-electron chi connectivity index (χ3n) is 3.88. The normalized spacial score (nSPS) is 16.2. The van der Waals surface area contributed by atoms with E-state index in [0.29, 0.717) is 17.4 Å². The van der Waals surface area contributed by atoms with Crippen LogP contribution in [0, 0.1) is 11.6 Å². The number of hydrogen-bond donors (Lipinski definition) is 1. The van der Waals surface area contributed by atoms with Crippen molar-refractivity contribution in [3.63, 3.8) is 0 Å². The number of rotatable bonds is 6. The van der Waals surface area contributed by atoms with E-state index in [1.54, 1.807) is 18.7 Å². The van der Waals surface area contributed by atoms with Crippen molar-refractivity contribution in [2.45, 2.75) is 19.9 Å². The summed E-state index contributed by atoms with van der Waals surface area (Å²) in [5.74, 6) is -0.0305. The van der Waals surface area contributed by atoms with Gasteiger partial charge in [0.15, 0.2) is 0 Å². The fraction of sp³-hybridized carbons (Fsp3) is 0.353. The molecule has 0 radical (unpaired) electrons. The molecule has 0 saturated carbocycles. The Bertz CT molecular complexity index is 833. The van der Waals surface area contributed by atoms with Crippen molar-refractivity contribution in [1.82, 2.24) is 14.8 Å². The molecule has 9 heteroatoms. The minimum absolute atomic E-state index is 0.245. The lowest BCUT2D eigenvalue weighted by atomic mass is 9.95. The van der Waals surface area contributed by atoms with Crippen molar-refractivity contribution in [2.75, 3.05) is 23.4 Å². The summed E-state index contributed by atoms with van der Waals surface area (Å²) in [6.07, 6.45) is 1.31. The maximum absolute atomic E-state index is 13.8. The molecule has 0 fully saturated rings. The highest BCUT2D eigenvalue weighted by molar-refractivity contribution is 7.99. The second-order valence-corrected chi connectivity index (χ2v) is 7.02. The first-order chi connectivity index (χ1) is 12.5. The van der Waals surface area contributed by atoms with E-state index in [1.165, 1.54) is 23.1 Å². The van der Waals surface area contributed by atoms with E-state index < -0.39 is 23.6 Å². The Kier molecular flexibility index (Phi) is 5.55. The third kappa shape index (κ3) is 3.72. The number of hydrogen-bond acceptors (Lipinski definition) is 6. The Morgan fingerprint density at radius 1 is 1.35 bits per heavy atom. The second kappa shape index (κ2) is 7.86. The van der Waals surface area contributed by atoms with E-state index in [4.69, 9.17) is 4.74 Å². The van der Waals surface area contributed by atoms with Gasteiger partial charge in [-0.3, -0.25) is 0 Å². The summed E-state index contributed by atoms with van der Waals surface area (Å²) < 4.78 is 34.3. The molecule has 138 valence electrons. The molecule has 0 unspecified atom stereocenters. The molecular weight excluding hydrogens is 362 g/mol. The standard InChI is InChI=1S/C17H18F2N4O2S/c1-3-26-5-4-25-16(24)14-10(2)22-17-20-9-21-23(17)15(14)11-6-12(18)8-13(19)7-11/h6-9,15H,3-5H2,1-2H3,(H,20,21,22)/t15-/m1/s1. The van der Waals surface area contributed by atoms with Gasteiger partial charge < -0.3 is 10.1 Å². The molecule has 6 nitrogen and oxygen atoms in total. The Labute approximate surface area is 153 Å². The first kappa shape index (κ1) is 18.4. The highest BCUT2D eigenvalue weighted by Gasteiger charge is 2.34. The quantitative estimate of drug-likeness (QED) is 0.613. The molecule has 1 atom stereocenters. The van der Waals surface area contributed by atoms with Crippen LogP contribution in [0.4, 0.5) is 14.7 Å². The second-order valence-electron chi connectivity index (χ2n) is 5.63. The van der Waals surface area contributed by atoms with Crippen LogP contribution in [0.25, 0.3) is 0 Å². The van der Waals surface area contributed by atoms with E-state index in [2.05, 4.69) is 15.4 Å². The Hall–Kier alpha value is -2.42. The summed E-state index contributed by atoms with van der Waals surface area (Å²) in [5.41, 5.74) is 1.01. The van der Waals surface area contributed by atoms with Gasteiger partial charge >= 0.3 is 5.97 Å². The van der Waals surface area contributed by atoms with Crippen molar-refractivity contribution >= 4 is 23.7 Å². The number of nitrogens with zero attached hydrogens (tertiary/aromatic N) is 3. The van der Waals surface area contributed by atoms with Crippen LogP contribution in [0.15, 0.2) is 35.8 Å². The lowest BCUT2D eigenvalue weighted by Crippen LogP contribution is -2.30. The lowest BCUT2D eigenvalue weighted by Gasteiger charge is -2.28. The summed E-state index contributed by atoms with van der Waals surface area (Å²) in [4.78, 5) is 16.8. The van der Waals surface area contributed by atoms with Crippen LogP contribution in [0.5, 0.6) is 0 Å². The Balaban J connectivity index is 1.98. The molecule has 1 aromatic heterocycles. The number of anilines is 1. The Morgan fingerprint density at radius 3 is 2.77 bits per heavy atom. The molecule has 26 heavy (non-hydrogen) atoms. The van der Waals surface area contributed by atoms with Crippen molar-refractivity contribution in [2.24, 2.45) is 0 Å². The fourth-order valence-corrected chi connectivity index (χ4v) is 3.30. The zero-order chi connectivity index (χ0) is 18.7. The molecule has 0 aliphatic carbocycles. The van der Waals surface area contributed by atoms with Crippen LogP contribution in [-0.2, 0) is 9.53 Å². The highest BCUT2D eigenvalue weighted by atomic mass is 32.2. The summed E-state index contributed by atoms with van der Waals surface area (Å²) in [5, 5.41) is 7.08. The van der Waals surface area contributed by atoms with Crippen LogP contribution in [0.2, 0.25) is 0 Å². The smallest absolute Gasteiger partial charge is 0.338 e. The SMILES string of the molecule is CCSCCOC(=O)C1=C(C)Nc2ncnn2[C@@H]1c1cc(F)cc(F)c1. The van der Waals surface area contributed by atoms with Crippen LogP contribution >= 0.6 is 11.8 Å². The van der Waals surface area contributed by atoms with Crippen molar-refractivity contribution in [3.05, 3.63) is 53.0 Å². The largest absolute Gasteiger partial charge is 0.461 e. The summed E-state index contributed by atoms with van der Waals surface area (Å²) >= 11 is 1.65. The number of aromatic nitrogens is 3. The van der Waals surface area contributed by atoms with Crippen LogP contribution in [0.1, 0.15) is 25.5 Å². The van der Waals surface area contributed by atoms with Gasteiger partial charge in [0.1, 0.15) is 30.6 Å². The van der Waals surface area contributed by atoms with Crippen LogP contribution < -0.4 is 5.32 Å². The molecule has 3 rings (SSSR count). The topological polar surface area (TPSA) is 69.0 Å². The summed E-state index contributed by atoms with van der Waals surface area (Å²) in [7, 11) is 0. The summed E-state index contributed by atoms with van der Waals surface area (Å²) in [6.45, 7) is 3.96. The minimum Gasteiger partial charge on any atom is -0.461 e. The van der Waals surface area contributed by atoms with E-state index >= 15 is 0 Å². The lowest BCUT2D eigenvalue weighted by molar-refractivity contribution is -0.139. The van der Waals surface area contributed by atoms with Gasteiger partial charge in [0.2, 0.25) is 5.95 Å². The zero-order valence-electron chi connectivity index (χ0n) is 14.3. The first-order valence-electron chi connectivity index (χ1n) is 8.09. The molecular formula is C17H18F2N4O2S. The molecule has 0 bridgehead atoms. The van der Waals surface area contributed by atoms with Gasteiger partial charge in [-0.2, -0.15) is 21.8 Å². The number of carbonyl (C=O) groups is 1. The number of carbonyl (C=O) groups excluding carboxylic acids is 1. The molecule has 2 aromatic rings. The number of fused-ring (bicyclic) bond motifs is 1. The molecule has 1 aliphatic rings. The third-order valence-corrected chi connectivity index (χ3v) is 4.74. The molecule has 1 aromatic carbocycles. The maximum Gasteiger partial charge on any atom is 0.338 e. The molecule has 2 heterocycles. The van der Waals surface area contributed by atoms with Crippen LogP contribution in [-0.4, -0.2) is 38.8 Å². The average Bonchev–Trinajstić information content (AvgIpc) is 3.04. The van der Waals surface area contributed by atoms with Gasteiger partial charge in [0.25, 0.3) is 0 Å². The Morgan fingerprint density at radius 2 is 2.08 bits per heavy atom. The monoisotopic (exact) mass is 380 g/mol. The maximum atomic E-state index is 13.8. The molecule has 0 spiro atoms. The number of esters is 1. The number of thioether (sulfide) groups is 1. The molecule has 0 amide bonds. The number of ether oxygens (including phenoxy) is 1. The predicted octanol–water partition coefficient (Wildman–Crippen LogP) is 3.14. The molecule has 0 saturated heterocycles. The fourth-order valence-electron chi connectivity index (χ4n) is 2.81. The molecule has 1 N–H and O–H groups in total. The van der Waals surface area contributed by atoms with Crippen molar-refractivity contribution < 1.29 is 18.3 Å². The zero-order valence-corrected chi connectivity index (χ0v) is 15.1. The predicted molar refractivity (Wildman–Crippen MR) is 94.8 cm³/mol. The van der Waals surface area contributed by atoms with Gasteiger partial charge in [-0.1, -0.05) is 6.92 Å². The van der Waals surface area contributed by atoms with Crippen molar-refractivity contribution in [3.8, 4) is 0 Å². The van der Waals surface area contributed by atoms with E-state index in [9.17, 15) is 13.6 Å². The van der Waals surface area contributed by atoms with Gasteiger partial charge in [0.05, 0.1) is 5.57 Å². The average molecular weight is 380 g/mol. The van der Waals surface area contributed by atoms with E-state index in [-0.39, 0.29) is 17.7 Å². The number of nitrogens with one attached hydrogen (secondary N) is 1. The van der Waals surface area contributed by atoms with Gasteiger partial charge in [-0.15, -0.1) is 0 Å². The number of allylic oxidation sites excluding steroid dienone is 1. The van der Waals surface area contributed by atoms with Gasteiger partial charge in [-0.25, -0.2) is 18.3 Å². The summed E-state index contributed by atoms with van der Waals surface area (Å²) in [6, 6.07) is 2.31. The highest BCUT2D eigenvalue weighted by Crippen LogP contribution is 2.35. The minimum atomic E-state index is -0.828. The van der Waals surface area contributed by atoms with E-state index in [0.717, 1.165) is 11.8 Å². The van der Waals surface area contributed by atoms with Gasteiger partial charge in [-0.05, 0) is 30.4 Å². The van der Waals surface area contributed by atoms with E-state index in [1.807, 2.05) is 6.92 Å². The van der Waals surface area contributed by atoms with Crippen molar-refractivity contribution in [1.29, 1.82) is 0 Å². The number of halogens is 2. The van der Waals surface area contributed by atoms with Crippen LogP contribution in [0.3, 0.4) is 0 Å². The molecule has 1 aliphatic heterocycles. The first-order valence-corrected chi connectivity index (χ1v) is 9.25.